The van der Waals surface area contributed by atoms with E-state index in [9.17, 15) is 0 Å². The molecule has 0 aromatic carbocycles. The number of methoxy groups -OCH3 is 1. The fraction of sp³-hybridized carbons (Fsp3) is 0.667. The van der Waals surface area contributed by atoms with Gasteiger partial charge in [0.15, 0.2) is 5.82 Å². The van der Waals surface area contributed by atoms with E-state index in [0.717, 1.165) is 37.4 Å². The molecule has 0 amide bonds. The van der Waals surface area contributed by atoms with Gasteiger partial charge in [0.25, 0.3) is 0 Å². The molecule has 1 aliphatic carbocycles. The quantitative estimate of drug-likeness (QED) is 0.618. The summed E-state index contributed by atoms with van der Waals surface area (Å²) in [5, 5.41) is 0. The number of nitrogens with two attached hydrogens (primary N) is 1. The van der Waals surface area contributed by atoms with Gasteiger partial charge in [-0.2, -0.15) is 0 Å². The van der Waals surface area contributed by atoms with Crippen LogP contribution in [0, 0.1) is 5.92 Å². The Morgan fingerprint density at radius 1 is 1.47 bits per heavy atom. The molecule has 5 nitrogen and oxygen atoms in total. The standard InChI is InChI=1S/C12H20N4O/c1-9-3-6-12(17-2,7-4-9)11-14-8-5-10(15-11)16-13/h5,8-9H,3-4,6-7,13H2,1-2H3,(H,14,15,16). The summed E-state index contributed by atoms with van der Waals surface area (Å²) >= 11 is 0. The van der Waals surface area contributed by atoms with Gasteiger partial charge in [-0.3, -0.25) is 0 Å². The second kappa shape index (κ2) is 4.98. The Labute approximate surface area is 102 Å². The van der Waals surface area contributed by atoms with Gasteiger partial charge < -0.3 is 10.2 Å². The summed E-state index contributed by atoms with van der Waals surface area (Å²) in [6, 6.07) is 1.75. The van der Waals surface area contributed by atoms with Gasteiger partial charge in [0.05, 0.1) is 0 Å². The van der Waals surface area contributed by atoms with Crippen molar-refractivity contribution in [2.45, 2.75) is 38.2 Å². The Kier molecular flexibility index (Phi) is 3.59. The highest BCUT2D eigenvalue weighted by Crippen LogP contribution is 2.40. The summed E-state index contributed by atoms with van der Waals surface area (Å²) in [4.78, 5) is 8.76. The molecule has 1 heterocycles. The van der Waals surface area contributed by atoms with Crippen molar-refractivity contribution in [3.8, 4) is 0 Å². The molecule has 1 aromatic heterocycles. The highest BCUT2D eigenvalue weighted by Gasteiger charge is 2.38. The summed E-state index contributed by atoms with van der Waals surface area (Å²) in [6.45, 7) is 2.28. The van der Waals surface area contributed by atoms with Gasteiger partial charge in [0.2, 0.25) is 0 Å². The normalized spacial score (nSPS) is 29.0. The minimum Gasteiger partial charge on any atom is -0.370 e. The summed E-state index contributed by atoms with van der Waals surface area (Å²) < 4.78 is 5.72. The summed E-state index contributed by atoms with van der Waals surface area (Å²) in [6.07, 6.45) is 5.96. The van der Waals surface area contributed by atoms with Crippen LogP contribution in [0.4, 0.5) is 5.82 Å². The van der Waals surface area contributed by atoms with E-state index in [0.29, 0.717) is 5.82 Å². The van der Waals surface area contributed by atoms with Gasteiger partial charge in [0.1, 0.15) is 11.4 Å². The van der Waals surface area contributed by atoms with E-state index < -0.39 is 0 Å². The van der Waals surface area contributed by atoms with Crippen LogP contribution in [-0.2, 0) is 10.3 Å². The van der Waals surface area contributed by atoms with Gasteiger partial charge in [-0.25, -0.2) is 15.8 Å². The number of nitrogen functional groups attached to an aromatic ring is 1. The highest BCUT2D eigenvalue weighted by atomic mass is 16.5. The molecule has 1 fully saturated rings. The van der Waals surface area contributed by atoms with E-state index in [4.69, 9.17) is 10.6 Å². The lowest BCUT2D eigenvalue weighted by molar-refractivity contribution is -0.0596. The van der Waals surface area contributed by atoms with Crippen molar-refractivity contribution in [1.82, 2.24) is 9.97 Å². The second-order valence-electron chi connectivity index (χ2n) is 4.79. The zero-order chi connectivity index (χ0) is 12.3. The summed E-state index contributed by atoms with van der Waals surface area (Å²) in [5.41, 5.74) is 2.22. The third-order valence-corrected chi connectivity index (χ3v) is 3.68. The molecular weight excluding hydrogens is 216 g/mol. The molecule has 1 saturated carbocycles. The predicted molar refractivity (Wildman–Crippen MR) is 66.2 cm³/mol. The Morgan fingerprint density at radius 2 is 2.18 bits per heavy atom. The Bertz CT molecular complexity index is 375. The van der Waals surface area contributed by atoms with Crippen LogP contribution in [0.1, 0.15) is 38.4 Å². The first-order valence-corrected chi connectivity index (χ1v) is 6.05. The topological polar surface area (TPSA) is 73.1 Å². The fourth-order valence-corrected chi connectivity index (χ4v) is 2.41. The van der Waals surface area contributed by atoms with E-state index in [2.05, 4.69) is 22.3 Å². The molecule has 0 bridgehead atoms. The second-order valence-corrected chi connectivity index (χ2v) is 4.79. The van der Waals surface area contributed by atoms with Gasteiger partial charge >= 0.3 is 0 Å². The number of aromatic nitrogens is 2. The fourth-order valence-electron chi connectivity index (χ4n) is 2.41. The predicted octanol–water partition coefficient (Wildman–Crippen LogP) is 1.81. The molecule has 0 unspecified atom stereocenters. The SMILES string of the molecule is COC1(c2nccc(NN)n2)CCC(C)CC1. The van der Waals surface area contributed by atoms with Crippen molar-refractivity contribution < 1.29 is 4.74 Å². The number of nitrogens with zero attached hydrogens (tertiary/aromatic N) is 2. The number of hydrogen-bond donors (Lipinski definition) is 2. The lowest BCUT2D eigenvalue weighted by atomic mass is 9.79. The van der Waals surface area contributed by atoms with Crippen LogP contribution in [0.3, 0.4) is 0 Å². The average Bonchev–Trinajstić information content (AvgIpc) is 2.40. The summed E-state index contributed by atoms with van der Waals surface area (Å²) in [5.74, 6) is 7.50. The first-order valence-electron chi connectivity index (χ1n) is 6.05. The minimum atomic E-state index is -0.334. The zero-order valence-electron chi connectivity index (χ0n) is 10.4. The molecule has 1 aromatic rings. The Morgan fingerprint density at radius 3 is 2.76 bits per heavy atom. The molecule has 3 N–H and O–H groups in total. The highest BCUT2D eigenvalue weighted by molar-refractivity contribution is 5.31. The van der Waals surface area contributed by atoms with Crippen molar-refractivity contribution in [2.24, 2.45) is 11.8 Å². The molecule has 94 valence electrons. The monoisotopic (exact) mass is 236 g/mol. The van der Waals surface area contributed by atoms with Crippen LogP contribution >= 0.6 is 0 Å². The van der Waals surface area contributed by atoms with Gasteiger partial charge in [-0.1, -0.05) is 6.92 Å². The van der Waals surface area contributed by atoms with E-state index in [1.807, 2.05) is 0 Å². The number of rotatable bonds is 3. The average molecular weight is 236 g/mol. The number of anilines is 1. The molecule has 0 saturated heterocycles. The maximum absolute atomic E-state index is 5.72. The first-order chi connectivity index (χ1) is 8.20. The third-order valence-electron chi connectivity index (χ3n) is 3.68. The first kappa shape index (κ1) is 12.3. The largest absolute Gasteiger partial charge is 0.370 e. The van der Waals surface area contributed by atoms with Gasteiger partial charge in [-0.05, 0) is 31.6 Å². The van der Waals surface area contributed by atoms with Gasteiger partial charge in [0, 0.05) is 19.4 Å². The molecule has 5 heteroatoms. The van der Waals surface area contributed by atoms with Crippen LogP contribution in [0.15, 0.2) is 12.3 Å². The van der Waals surface area contributed by atoms with Crippen molar-refractivity contribution in [2.75, 3.05) is 12.5 Å². The minimum absolute atomic E-state index is 0.334. The maximum Gasteiger partial charge on any atom is 0.162 e. The van der Waals surface area contributed by atoms with Crippen molar-refractivity contribution >= 4 is 5.82 Å². The number of hydrogen-bond acceptors (Lipinski definition) is 5. The van der Waals surface area contributed by atoms with Crippen LogP contribution in [0.5, 0.6) is 0 Å². The number of hydrazine groups is 1. The van der Waals surface area contributed by atoms with Gasteiger partial charge in [-0.15, -0.1) is 0 Å². The molecule has 0 spiro atoms. The molecule has 0 radical (unpaired) electrons. The van der Waals surface area contributed by atoms with E-state index >= 15 is 0 Å². The van der Waals surface area contributed by atoms with Crippen LogP contribution in [0.25, 0.3) is 0 Å². The maximum atomic E-state index is 5.72. The lowest BCUT2D eigenvalue weighted by Crippen LogP contribution is -2.35. The third kappa shape index (κ3) is 2.40. The zero-order valence-corrected chi connectivity index (χ0v) is 10.4. The molecule has 0 atom stereocenters. The number of nitrogens with one attached hydrogen (secondary N) is 1. The lowest BCUT2D eigenvalue weighted by Gasteiger charge is -2.36. The number of ether oxygens (including phenoxy) is 1. The molecular formula is C12H20N4O. The van der Waals surface area contributed by atoms with E-state index in [-0.39, 0.29) is 5.60 Å². The Balaban J connectivity index is 2.27. The molecule has 1 aliphatic rings. The van der Waals surface area contributed by atoms with Crippen LogP contribution in [-0.4, -0.2) is 17.1 Å². The van der Waals surface area contributed by atoms with Crippen LogP contribution in [0.2, 0.25) is 0 Å². The molecule has 17 heavy (non-hydrogen) atoms. The van der Waals surface area contributed by atoms with Crippen molar-refractivity contribution in [3.63, 3.8) is 0 Å². The Hall–Kier alpha value is -1.20. The van der Waals surface area contributed by atoms with E-state index in [1.165, 1.54) is 0 Å². The van der Waals surface area contributed by atoms with Crippen molar-refractivity contribution in [3.05, 3.63) is 18.1 Å². The molecule has 2 rings (SSSR count). The summed E-state index contributed by atoms with van der Waals surface area (Å²) in [7, 11) is 1.74. The van der Waals surface area contributed by atoms with Crippen LogP contribution < -0.4 is 11.3 Å². The molecule has 0 aliphatic heterocycles. The van der Waals surface area contributed by atoms with E-state index in [1.54, 1.807) is 19.4 Å². The smallest absolute Gasteiger partial charge is 0.162 e. The van der Waals surface area contributed by atoms with Crippen molar-refractivity contribution in [1.29, 1.82) is 0 Å².